The molecule has 6 nitrogen and oxygen atoms in total. The number of aryl methyl sites for hydroxylation is 1. The minimum Gasteiger partial charge on any atom is -0.293 e. The smallest absolute Gasteiger partial charge is 0.265 e. The molecule has 0 radical (unpaired) electrons. The molecule has 0 bridgehead atoms. The molecule has 7 heteroatoms. The van der Waals surface area contributed by atoms with Crippen LogP contribution in [0.5, 0.6) is 0 Å². The highest BCUT2D eigenvalue weighted by Crippen LogP contribution is 2.30. The summed E-state index contributed by atoms with van der Waals surface area (Å²) < 4.78 is 4.64. The molecule has 0 aliphatic rings. The van der Waals surface area contributed by atoms with Gasteiger partial charge in [0.05, 0.1) is 16.7 Å². The van der Waals surface area contributed by atoms with Gasteiger partial charge in [-0.15, -0.1) is 0 Å². The van der Waals surface area contributed by atoms with Crippen LogP contribution in [0, 0.1) is 6.92 Å². The number of halogens is 1. The molecule has 1 atom stereocenters. The van der Waals surface area contributed by atoms with Crippen LogP contribution in [0.25, 0.3) is 38.9 Å². The van der Waals surface area contributed by atoms with E-state index in [1.165, 1.54) is 0 Å². The molecular formula is C23H20BrN5O. The highest BCUT2D eigenvalue weighted by atomic mass is 79.9. The molecule has 0 aliphatic heterocycles. The second-order valence-corrected chi connectivity index (χ2v) is 8.41. The molecule has 0 aliphatic carbocycles. The third-order valence-corrected chi connectivity index (χ3v) is 6.08. The SMILES string of the molecule is CCC(C)n1c(C)nc2c(c1=O)c1nc3ccccc3nc1n2-c1cccc(Br)c1. The number of fused-ring (bicyclic) bond motifs is 4. The number of hydrogen-bond acceptors (Lipinski definition) is 4. The van der Waals surface area contributed by atoms with Crippen LogP contribution in [0.15, 0.2) is 57.8 Å². The Labute approximate surface area is 181 Å². The first-order valence-corrected chi connectivity index (χ1v) is 10.7. The van der Waals surface area contributed by atoms with Crippen LogP contribution < -0.4 is 5.56 Å². The van der Waals surface area contributed by atoms with Gasteiger partial charge in [0.25, 0.3) is 5.56 Å². The van der Waals surface area contributed by atoms with E-state index in [1.54, 1.807) is 4.57 Å². The van der Waals surface area contributed by atoms with Gasteiger partial charge in [0.1, 0.15) is 16.7 Å². The van der Waals surface area contributed by atoms with Gasteiger partial charge in [-0.3, -0.25) is 13.9 Å². The Bertz CT molecular complexity index is 1500. The largest absolute Gasteiger partial charge is 0.293 e. The number of aromatic nitrogens is 5. The van der Waals surface area contributed by atoms with E-state index in [0.717, 1.165) is 27.6 Å². The third-order valence-electron chi connectivity index (χ3n) is 5.58. The average Bonchev–Trinajstić information content (AvgIpc) is 3.04. The van der Waals surface area contributed by atoms with Crippen LogP contribution in [-0.2, 0) is 0 Å². The maximum Gasteiger partial charge on any atom is 0.265 e. The first-order chi connectivity index (χ1) is 14.5. The zero-order valence-corrected chi connectivity index (χ0v) is 18.5. The van der Waals surface area contributed by atoms with Gasteiger partial charge in [-0.05, 0) is 50.6 Å². The van der Waals surface area contributed by atoms with Crippen molar-refractivity contribution >= 4 is 49.2 Å². The third kappa shape index (κ3) is 2.76. The van der Waals surface area contributed by atoms with E-state index in [0.29, 0.717) is 28.0 Å². The number of rotatable bonds is 3. The van der Waals surface area contributed by atoms with Crippen molar-refractivity contribution in [1.29, 1.82) is 0 Å². The van der Waals surface area contributed by atoms with Crippen molar-refractivity contribution < 1.29 is 0 Å². The van der Waals surface area contributed by atoms with E-state index in [1.807, 2.05) is 66.9 Å². The van der Waals surface area contributed by atoms with Crippen molar-refractivity contribution in [3.05, 3.63) is 69.2 Å². The first-order valence-electron chi connectivity index (χ1n) is 9.95. The molecule has 1 unspecified atom stereocenters. The number of benzene rings is 2. The minimum absolute atomic E-state index is 0.0482. The van der Waals surface area contributed by atoms with Gasteiger partial charge in [-0.1, -0.05) is 41.1 Å². The summed E-state index contributed by atoms with van der Waals surface area (Å²) in [6.45, 7) is 5.99. The molecule has 150 valence electrons. The normalized spacial score (nSPS) is 12.8. The van der Waals surface area contributed by atoms with Crippen LogP contribution in [0.2, 0.25) is 0 Å². The van der Waals surface area contributed by atoms with Crippen LogP contribution in [0.3, 0.4) is 0 Å². The minimum atomic E-state index is -0.0739. The lowest BCUT2D eigenvalue weighted by Gasteiger charge is -2.16. The van der Waals surface area contributed by atoms with E-state index in [2.05, 4.69) is 22.9 Å². The van der Waals surface area contributed by atoms with Gasteiger partial charge in [0.15, 0.2) is 11.3 Å². The summed E-state index contributed by atoms with van der Waals surface area (Å²) in [7, 11) is 0. The lowest BCUT2D eigenvalue weighted by Crippen LogP contribution is -2.26. The van der Waals surface area contributed by atoms with Gasteiger partial charge in [0, 0.05) is 10.5 Å². The highest BCUT2D eigenvalue weighted by Gasteiger charge is 2.23. The van der Waals surface area contributed by atoms with E-state index in [4.69, 9.17) is 15.0 Å². The van der Waals surface area contributed by atoms with Gasteiger partial charge < -0.3 is 0 Å². The molecule has 0 N–H and O–H groups in total. The lowest BCUT2D eigenvalue weighted by molar-refractivity contribution is 0.497. The maximum absolute atomic E-state index is 13.6. The molecule has 2 aromatic carbocycles. The molecule has 5 aromatic rings. The van der Waals surface area contributed by atoms with Crippen molar-refractivity contribution in [2.24, 2.45) is 0 Å². The fourth-order valence-corrected chi connectivity index (χ4v) is 4.36. The van der Waals surface area contributed by atoms with Crippen molar-refractivity contribution in [1.82, 2.24) is 24.1 Å². The van der Waals surface area contributed by atoms with Gasteiger partial charge >= 0.3 is 0 Å². The summed E-state index contributed by atoms with van der Waals surface area (Å²) in [5.74, 6) is 0.686. The molecule has 0 fully saturated rings. The number of hydrogen-bond donors (Lipinski definition) is 0. The highest BCUT2D eigenvalue weighted by molar-refractivity contribution is 9.10. The predicted octanol–water partition coefficient (Wildman–Crippen LogP) is 5.33. The van der Waals surface area contributed by atoms with Gasteiger partial charge in [0.2, 0.25) is 0 Å². The topological polar surface area (TPSA) is 65.6 Å². The molecule has 0 spiro atoms. The standard InChI is InChI=1S/C23H20BrN5O/c1-4-13(2)28-14(3)25-21-19(23(28)30)20-22(27-18-11-6-5-10-17(18)26-20)29(21)16-9-7-8-15(24)12-16/h5-13H,4H2,1-3H3. The van der Waals surface area contributed by atoms with E-state index in [9.17, 15) is 4.79 Å². The summed E-state index contributed by atoms with van der Waals surface area (Å²) in [6, 6.07) is 15.7. The Morgan fingerprint density at radius 3 is 2.43 bits per heavy atom. The van der Waals surface area contributed by atoms with Crippen molar-refractivity contribution in [2.45, 2.75) is 33.2 Å². The summed E-state index contributed by atoms with van der Waals surface area (Å²) in [5, 5.41) is 0.508. The molecule has 3 aromatic heterocycles. The monoisotopic (exact) mass is 461 g/mol. The van der Waals surface area contributed by atoms with Crippen molar-refractivity contribution in [3.63, 3.8) is 0 Å². The molecule has 0 amide bonds. The number of nitrogens with zero attached hydrogens (tertiary/aromatic N) is 5. The Morgan fingerprint density at radius 2 is 1.73 bits per heavy atom. The first kappa shape index (κ1) is 18.9. The van der Waals surface area contributed by atoms with Crippen LogP contribution >= 0.6 is 15.9 Å². The fraction of sp³-hybridized carbons (Fsp3) is 0.217. The molecule has 0 saturated carbocycles. The van der Waals surface area contributed by atoms with Crippen LogP contribution in [0.4, 0.5) is 0 Å². The number of para-hydroxylation sites is 2. The molecule has 30 heavy (non-hydrogen) atoms. The molecular weight excluding hydrogens is 442 g/mol. The summed E-state index contributed by atoms with van der Waals surface area (Å²) >= 11 is 3.55. The molecule has 5 rings (SSSR count). The Hall–Kier alpha value is -3.06. The Balaban J connectivity index is 2.03. The second kappa shape index (κ2) is 7.02. The fourth-order valence-electron chi connectivity index (χ4n) is 3.97. The van der Waals surface area contributed by atoms with Gasteiger partial charge in [-0.25, -0.2) is 15.0 Å². The van der Waals surface area contributed by atoms with Crippen LogP contribution in [0.1, 0.15) is 32.1 Å². The zero-order chi connectivity index (χ0) is 21.0. The Morgan fingerprint density at radius 1 is 1.00 bits per heavy atom. The summed E-state index contributed by atoms with van der Waals surface area (Å²) in [4.78, 5) is 28.2. The summed E-state index contributed by atoms with van der Waals surface area (Å²) in [5.41, 5.74) is 4.14. The maximum atomic E-state index is 13.6. The molecule has 3 heterocycles. The van der Waals surface area contributed by atoms with Crippen molar-refractivity contribution in [3.8, 4) is 5.69 Å². The van der Waals surface area contributed by atoms with E-state index < -0.39 is 0 Å². The molecule has 0 saturated heterocycles. The zero-order valence-electron chi connectivity index (χ0n) is 16.9. The van der Waals surface area contributed by atoms with Crippen LogP contribution in [-0.4, -0.2) is 24.1 Å². The van der Waals surface area contributed by atoms with Gasteiger partial charge in [-0.2, -0.15) is 0 Å². The second-order valence-electron chi connectivity index (χ2n) is 7.49. The van der Waals surface area contributed by atoms with Crippen molar-refractivity contribution in [2.75, 3.05) is 0 Å². The Kier molecular flexibility index (Phi) is 4.43. The van der Waals surface area contributed by atoms with E-state index >= 15 is 0 Å². The summed E-state index contributed by atoms with van der Waals surface area (Å²) in [6.07, 6.45) is 0.840. The lowest BCUT2D eigenvalue weighted by atomic mass is 10.2. The quantitative estimate of drug-likeness (QED) is 0.364. The average molecular weight is 462 g/mol. The van der Waals surface area contributed by atoms with E-state index in [-0.39, 0.29) is 11.6 Å². The predicted molar refractivity (Wildman–Crippen MR) is 123 cm³/mol.